The van der Waals surface area contributed by atoms with Crippen LogP contribution in [0.3, 0.4) is 0 Å². The average molecular weight is 893 g/mol. The van der Waals surface area contributed by atoms with Gasteiger partial charge in [0.15, 0.2) is 5.82 Å². The number of carbonyl (C=O) groups is 7. The second-order valence-electron chi connectivity index (χ2n) is 15.9. The van der Waals surface area contributed by atoms with Gasteiger partial charge in [0.05, 0.1) is 49.1 Å². The minimum Gasteiger partial charge on any atom is -0.351 e. The highest BCUT2D eigenvalue weighted by Gasteiger charge is 2.21. The molecule has 65 heavy (non-hydrogen) atoms. The lowest BCUT2D eigenvalue weighted by Gasteiger charge is -2.08. The summed E-state index contributed by atoms with van der Waals surface area (Å²) in [4.78, 5) is 96.1. The monoisotopic (exact) mass is 892 g/mol. The van der Waals surface area contributed by atoms with Gasteiger partial charge in [0.2, 0.25) is 5.91 Å². The van der Waals surface area contributed by atoms with Crippen molar-refractivity contribution in [1.82, 2.24) is 43.0 Å². The fourth-order valence-corrected chi connectivity index (χ4v) is 6.99. The van der Waals surface area contributed by atoms with Crippen molar-refractivity contribution in [3.8, 4) is 0 Å². The lowest BCUT2D eigenvalue weighted by molar-refractivity contribution is -0.858. The maximum Gasteiger partial charge on any atom is 0.291 e. The van der Waals surface area contributed by atoms with Crippen molar-refractivity contribution in [3.63, 3.8) is 0 Å². The van der Waals surface area contributed by atoms with Gasteiger partial charge in [0.25, 0.3) is 35.4 Å². The number of imidazole rings is 1. The van der Waals surface area contributed by atoms with Gasteiger partial charge in [-0.15, -0.1) is 0 Å². The summed E-state index contributed by atoms with van der Waals surface area (Å²) in [5, 5.41) is 19.4. The Bertz CT molecular complexity index is 2780. The molecule has 0 aliphatic heterocycles. The number of nitrogens with one attached hydrogen (secondary N) is 8. The fraction of sp³-hybridized carbons (Fsp3) is 0.302. The molecule has 6 heterocycles. The highest BCUT2D eigenvalue weighted by molar-refractivity contribution is 6.09. The Labute approximate surface area is 373 Å². The van der Waals surface area contributed by atoms with E-state index in [9.17, 15) is 33.6 Å². The molecule has 0 aromatic carbocycles. The Morgan fingerprint density at radius 1 is 0.477 bits per heavy atom. The standard InChI is InChI=1S/C43H53N15O7/c1-52(2)14-9-11-45-38(60)31-17-27(22-54(31)4)48-41(63)34-19-29(24-57(34)7)50-40(62)33-16-26(21-56(33)6)47-36(59)10-12-46-39(61)32-18-28(23-55(32)5)49-42(64)35-20-30(25-58(35)8)51-43(65)37-44-13-15-53(37)3/h13,15-25H,9-12,14H2,1-8H3,(H,45,60)(H,46,61)(H,47,59)(H,48,63)(H,49,64)(H,50,62)(H,51,65)/p+1. The quantitative estimate of drug-likeness (QED) is 0.0580. The van der Waals surface area contributed by atoms with E-state index >= 15 is 0 Å². The molecule has 6 rings (SSSR count). The van der Waals surface area contributed by atoms with E-state index in [0.29, 0.717) is 40.7 Å². The molecule has 0 aliphatic rings. The Morgan fingerprint density at radius 3 is 1.20 bits per heavy atom. The summed E-state index contributed by atoms with van der Waals surface area (Å²) in [6.45, 7) is 1.46. The normalized spacial score (nSPS) is 11.0. The molecule has 7 amide bonds. The highest BCUT2D eigenvalue weighted by atomic mass is 16.2. The number of quaternary nitrogens is 1. The van der Waals surface area contributed by atoms with Gasteiger partial charge in [0.1, 0.15) is 28.5 Å². The molecule has 0 atom stereocenters. The van der Waals surface area contributed by atoms with E-state index in [1.54, 1.807) is 108 Å². The number of amides is 7. The summed E-state index contributed by atoms with van der Waals surface area (Å²) in [7, 11) is 14.1. The minimum absolute atomic E-state index is 0.00352. The van der Waals surface area contributed by atoms with Crippen LogP contribution in [0.15, 0.2) is 73.7 Å². The van der Waals surface area contributed by atoms with Crippen LogP contribution in [-0.2, 0) is 47.1 Å². The first-order chi connectivity index (χ1) is 30.9. The molecule has 0 unspecified atom stereocenters. The third-order valence-electron chi connectivity index (χ3n) is 10.3. The first-order valence-corrected chi connectivity index (χ1v) is 20.6. The Hall–Kier alpha value is -8.14. The van der Waals surface area contributed by atoms with Crippen molar-refractivity contribution in [2.45, 2.75) is 12.8 Å². The zero-order chi connectivity index (χ0) is 47.1. The molecule has 6 aromatic rings. The second-order valence-corrected chi connectivity index (χ2v) is 15.9. The molecule has 6 aromatic heterocycles. The van der Waals surface area contributed by atoms with Crippen molar-refractivity contribution in [3.05, 3.63) is 108 Å². The Kier molecular flexibility index (Phi) is 14.2. The van der Waals surface area contributed by atoms with E-state index < -0.39 is 35.4 Å². The number of hydrogen-bond acceptors (Lipinski definition) is 8. The van der Waals surface area contributed by atoms with Crippen molar-refractivity contribution in [2.24, 2.45) is 42.3 Å². The van der Waals surface area contributed by atoms with Crippen LogP contribution in [0.1, 0.15) is 75.9 Å². The van der Waals surface area contributed by atoms with Crippen molar-refractivity contribution in [2.75, 3.05) is 60.3 Å². The van der Waals surface area contributed by atoms with Crippen LogP contribution in [0.5, 0.6) is 0 Å². The maximum absolute atomic E-state index is 13.3. The van der Waals surface area contributed by atoms with Gasteiger partial charge < -0.3 is 69.5 Å². The van der Waals surface area contributed by atoms with E-state index in [-0.39, 0.29) is 47.5 Å². The topological polar surface area (TPSA) is 251 Å². The second kappa shape index (κ2) is 19.9. The number of aryl methyl sites for hydroxylation is 6. The van der Waals surface area contributed by atoms with E-state index in [0.717, 1.165) is 13.0 Å². The summed E-state index contributed by atoms with van der Waals surface area (Å²) < 4.78 is 9.41. The van der Waals surface area contributed by atoms with Gasteiger partial charge >= 0.3 is 0 Å². The van der Waals surface area contributed by atoms with Gasteiger partial charge in [-0.05, 0) is 30.3 Å². The maximum atomic E-state index is 13.3. The largest absolute Gasteiger partial charge is 0.351 e. The van der Waals surface area contributed by atoms with Crippen LogP contribution in [0, 0.1) is 0 Å². The molecule has 0 bridgehead atoms. The molecule has 0 fully saturated rings. The van der Waals surface area contributed by atoms with Crippen LogP contribution in [0.4, 0.5) is 28.4 Å². The van der Waals surface area contributed by atoms with E-state index in [1.165, 1.54) is 39.9 Å². The van der Waals surface area contributed by atoms with Gasteiger partial charge in [-0.2, -0.15) is 0 Å². The molecule has 22 nitrogen and oxygen atoms in total. The van der Waals surface area contributed by atoms with Gasteiger partial charge in [-0.1, -0.05) is 0 Å². The average Bonchev–Trinajstić information content (AvgIpc) is 4.10. The molecular formula is C43H54N15O7+. The Balaban J connectivity index is 0.954. The SMILES string of the molecule is Cn1cc(NC(=O)c2cc(NC(=O)c3cc(NC(=O)CCNC(=O)c4cc(NC(=O)c5cc(NC(=O)c6nccn6C)cn5C)cn4C)cn3C)cn2C)cc1C(=O)NCCC[NH+](C)C. The molecule has 8 N–H and O–H groups in total. The summed E-state index contributed by atoms with van der Waals surface area (Å²) in [5.74, 6) is -2.74. The van der Waals surface area contributed by atoms with Crippen LogP contribution >= 0.6 is 0 Å². The lowest BCUT2D eigenvalue weighted by Crippen LogP contribution is -3.05. The summed E-state index contributed by atoms with van der Waals surface area (Å²) in [6.07, 6.45) is 11.9. The third-order valence-corrected chi connectivity index (χ3v) is 10.3. The molecule has 22 heteroatoms. The van der Waals surface area contributed by atoms with E-state index in [2.05, 4.69) is 42.2 Å². The van der Waals surface area contributed by atoms with E-state index in [1.807, 2.05) is 14.1 Å². The van der Waals surface area contributed by atoms with Crippen LogP contribution in [-0.4, -0.2) is 107 Å². The zero-order valence-corrected chi connectivity index (χ0v) is 37.5. The highest BCUT2D eigenvalue weighted by Crippen LogP contribution is 2.21. The molecule has 0 radical (unpaired) electrons. The van der Waals surface area contributed by atoms with Gasteiger partial charge in [0, 0.05) is 112 Å². The smallest absolute Gasteiger partial charge is 0.291 e. The molecule has 0 saturated heterocycles. The molecule has 342 valence electrons. The summed E-state index contributed by atoms with van der Waals surface area (Å²) >= 11 is 0. The zero-order valence-electron chi connectivity index (χ0n) is 37.5. The van der Waals surface area contributed by atoms with Crippen molar-refractivity contribution >= 4 is 69.8 Å². The number of anilines is 5. The molecule has 0 spiro atoms. The van der Waals surface area contributed by atoms with Crippen LogP contribution < -0.4 is 42.1 Å². The number of aromatic nitrogens is 7. The fourth-order valence-electron chi connectivity index (χ4n) is 6.99. The van der Waals surface area contributed by atoms with Gasteiger partial charge in [-0.25, -0.2) is 4.98 Å². The molecular weight excluding hydrogens is 839 g/mol. The minimum atomic E-state index is -0.486. The van der Waals surface area contributed by atoms with Crippen molar-refractivity contribution < 1.29 is 38.5 Å². The Morgan fingerprint density at radius 2 is 0.831 bits per heavy atom. The first kappa shape index (κ1) is 46.4. The number of rotatable bonds is 18. The molecule has 0 aliphatic carbocycles. The van der Waals surface area contributed by atoms with Gasteiger partial charge in [-0.3, -0.25) is 33.6 Å². The predicted octanol–water partition coefficient (Wildman–Crippen LogP) is 1.14. The first-order valence-electron chi connectivity index (χ1n) is 20.6. The number of nitrogens with zero attached hydrogens (tertiary/aromatic N) is 7. The molecule has 0 saturated carbocycles. The van der Waals surface area contributed by atoms with Crippen molar-refractivity contribution in [1.29, 1.82) is 0 Å². The lowest BCUT2D eigenvalue weighted by atomic mass is 10.3. The summed E-state index contributed by atoms with van der Waals surface area (Å²) in [6, 6.07) is 7.65. The van der Waals surface area contributed by atoms with Crippen LogP contribution in [0.2, 0.25) is 0 Å². The van der Waals surface area contributed by atoms with Crippen LogP contribution in [0.25, 0.3) is 0 Å². The third kappa shape index (κ3) is 11.5. The summed E-state index contributed by atoms with van der Waals surface area (Å²) in [5.41, 5.74) is 3.30. The van der Waals surface area contributed by atoms with E-state index in [4.69, 9.17) is 0 Å². The number of carbonyl (C=O) groups excluding carboxylic acids is 7. The predicted molar refractivity (Wildman–Crippen MR) is 242 cm³/mol. The number of hydrogen-bond donors (Lipinski definition) is 8.